The largest absolute Gasteiger partial charge is 0.367 e. The first-order valence-corrected chi connectivity index (χ1v) is 7.52. The number of hydrogen-bond acceptors (Lipinski definition) is 3. The predicted octanol–water partition coefficient (Wildman–Crippen LogP) is 5.32. The van der Waals surface area contributed by atoms with Crippen LogP contribution in [0.15, 0.2) is 51.5 Å². The zero-order valence-corrected chi connectivity index (χ0v) is 13.6. The number of nitrogens with two attached hydrogens (primary N) is 1. The lowest BCUT2D eigenvalue weighted by Gasteiger charge is -2.08. The molecule has 0 aliphatic rings. The van der Waals surface area contributed by atoms with Crippen LogP contribution in [0.4, 0.5) is 5.88 Å². The van der Waals surface area contributed by atoms with E-state index in [2.05, 4.69) is 21.1 Å². The van der Waals surface area contributed by atoms with Gasteiger partial charge < -0.3 is 10.3 Å². The molecule has 0 aliphatic carbocycles. The van der Waals surface area contributed by atoms with Crippen molar-refractivity contribution in [3.8, 4) is 22.4 Å². The number of aromatic nitrogens is 1. The molecule has 5 heteroatoms. The molecule has 0 radical (unpaired) electrons. The monoisotopic (exact) mass is 362 g/mol. The van der Waals surface area contributed by atoms with Gasteiger partial charge in [0.25, 0.3) is 0 Å². The topological polar surface area (TPSA) is 52.0 Å². The molecule has 0 aliphatic heterocycles. The van der Waals surface area contributed by atoms with Crippen molar-refractivity contribution in [1.29, 1.82) is 0 Å². The molecule has 1 aromatic heterocycles. The smallest absolute Gasteiger partial charge is 0.230 e. The highest BCUT2D eigenvalue weighted by Gasteiger charge is 2.20. The summed E-state index contributed by atoms with van der Waals surface area (Å²) in [5.41, 5.74) is 10.2. The molecule has 3 aromatic rings. The lowest BCUT2D eigenvalue weighted by atomic mass is 9.98. The van der Waals surface area contributed by atoms with Crippen molar-refractivity contribution in [1.82, 2.24) is 5.16 Å². The Balaban J connectivity index is 2.28. The standard InChI is InChI=1S/C16H12BrClN2O/c1-9-10(6-4-8-13(9)18)15-14(16(19)21-20-15)11-5-2-3-7-12(11)17/h2-8H,19H2,1H3. The van der Waals surface area contributed by atoms with E-state index in [1.165, 1.54) is 0 Å². The molecular weight excluding hydrogens is 352 g/mol. The van der Waals surface area contributed by atoms with Crippen LogP contribution in [0.25, 0.3) is 22.4 Å². The van der Waals surface area contributed by atoms with Crippen LogP contribution in [0.3, 0.4) is 0 Å². The number of halogens is 2. The van der Waals surface area contributed by atoms with Crippen molar-refractivity contribution >= 4 is 33.4 Å². The lowest BCUT2D eigenvalue weighted by molar-refractivity contribution is 0.439. The van der Waals surface area contributed by atoms with Gasteiger partial charge in [-0.15, -0.1) is 0 Å². The van der Waals surface area contributed by atoms with Gasteiger partial charge in [-0.1, -0.05) is 63.0 Å². The first kappa shape index (κ1) is 14.2. The summed E-state index contributed by atoms with van der Waals surface area (Å²) in [7, 11) is 0. The third-order valence-corrected chi connectivity index (χ3v) is 4.49. The van der Waals surface area contributed by atoms with E-state index < -0.39 is 0 Å². The van der Waals surface area contributed by atoms with E-state index in [0.29, 0.717) is 10.7 Å². The molecule has 0 fully saturated rings. The van der Waals surface area contributed by atoms with Crippen LogP contribution < -0.4 is 5.73 Å². The minimum absolute atomic E-state index is 0.288. The second-order valence-electron chi connectivity index (χ2n) is 4.66. The van der Waals surface area contributed by atoms with Crippen molar-refractivity contribution < 1.29 is 4.52 Å². The van der Waals surface area contributed by atoms with Gasteiger partial charge >= 0.3 is 0 Å². The normalized spacial score (nSPS) is 10.8. The fourth-order valence-corrected chi connectivity index (χ4v) is 2.93. The molecule has 0 unspecified atom stereocenters. The second kappa shape index (κ2) is 5.54. The fraction of sp³-hybridized carbons (Fsp3) is 0.0625. The number of nitrogens with zero attached hydrogens (tertiary/aromatic N) is 1. The predicted molar refractivity (Wildman–Crippen MR) is 89.2 cm³/mol. The molecule has 0 saturated heterocycles. The Hall–Kier alpha value is -1.78. The van der Waals surface area contributed by atoms with E-state index in [0.717, 1.165) is 26.7 Å². The van der Waals surface area contributed by atoms with Crippen LogP contribution in [0.5, 0.6) is 0 Å². The van der Waals surface area contributed by atoms with Gasteiger partial charge in [-0.25, -0.2) is 0 Å². The zero-order chi connectivity index (χ0) is 15.0. The molecule has 106 valence electrons. The third-order valence-electron chi connectivity index (χ3n) is 3.38. The van der Waals surface area contributed by atoms with E-state index in [4.69, 9.17) is 21.9 Å². The van der Waals surface area contributed by atoms with E-state index in [1.54, 1.807) is 0 Å². The maximum atomic E-state index is 6.20. The molecule has 0 bridgehead atoms. The van der Waals surface area contributed by atoms with Gasteiger partial charge in [0.05, 0.1) is 5.56 Å². The Morgan fingerprint density at radius 1 is 1.10 bits per heavy atom. The van der Waals surface area contributed by atoms with Crippen LogP contribution in [-0.2, 0) is 0 Å². The van der Waals surface area contributed by atoms with Gasteiger partial charge in [-0.2, -0.15) is 0 Å². The molecule has 3 rings (SSSR count). The average molecular weight is 364 g/mol. The fourth-order valence-electron chi connectivity index (χ4n) is 2.27. The minimum atomic E-state index is 0.288. The first-order valence-electron chi connectivity index (χ1n) is 6.35. The van der Waals surface area contributed by atoms with Gasteiger partial charge in [0.1, 0.15) is 5.69 Å². The lowest BCUT2D eigenvalue weighted by Crippen LogP contribution is -1.90. The number of anilines is 1. The summed E-state index contributed by atoms with van der Waals surface area (Å²) in [4.78, 5) is 0. The van der Waals surface area contributed by atoms with E-state index in [9.17, 15) is 0 Å². The van der Waals surface area contributed by atoms with Crippen molar-refractivity contribution in [3.05, 3.63) is 57.5 Å². The molecule has 0 saturated carbocycles. The van der Waals surface area contributed by atoms with Gasteiger partial charge in [-0.3, -0.25) is 0 Å². The molecule has 0 atom stereocenters. The summed E-state index contributed by atoms with van der Waals surface area (Å²) in [6.45, 7) is 1.95. The molecule has 2 aromatic carbocycles. The Morgan fingerprint density at radius 2 is 1.81 bits per heavy atom. The highest BCUT2D eigenvalue weighted by Crippen LogP contribution is 2.41. The van der Waals surface area contributed by atoms with Crippen LogP contribution in [-0.4, -0.2) is 5.16 Å². The quantitative estimate of drug-likeness (QED) is 0.671. The molecule has 21 heavy (non-hydrogen) atoms. The first-order chi connectivity index (χ1) is 10.1. The van der Waals surface area contributed by atoms with Crippen LogP contribution in [0.1, 0.15) is 5.56 Å². The average Bonchev–Trinajstić information content (AvgIpc) is 2.84. The Bertz CT molecular complexity index is 814. The molecule has 1 heterocycles. The van der Waals surface area contributed by atoms with Crippen LogP contribution in [0, 0.1) is 6.92 Å². The van der Waals surface area contributed by atoms with Gasteiger partial charge in [0.15, 0.2) is 0 Å². The van der Waals surface area contributed by atoms with Crippen molar-refractivity contribution in [2.24, 2.45) is 0 Å². The van der Waals surface area contributed by atoms with Crippen molar-refractivity contribution in [2.75, 3.05) is 5.73 Å². The Kier molecular flexibility index (Phi) is 3.74. The summed E-state index contributed by atoms with van der Waals surface area (Å²) in [5, 5.41) is 4.81. The number of rotatable bonds is 2. The number of benzene rings is 2. The second-order valence-corrected chi connectivity index (χ2v) is 5.92. The molecule has 0 spiro atoms. The molecule has 0 amide bonds. The Morgan fingerprint density at radius 3 is 2.57 bits per heavy atom. The van der Waals surface area contributed by atoms with E-state index >= 15 is 0 Å². The summed E-state index contributed by atoms with van der Waals surface area (Å²) < 4.78 is 6.15. The molecule has 3 nitrogen and oxygen atoms in total. The Labute approximate surface area is 135 Å². The number of hydrogen-bond donors (Lipinski definition) is 1. The molecular formula is C16H12BrClN2O. The highest BCUT2D eigenvalue weighted by molar-refractivity contribution is 9.10. The summed E-state index contributed by atoms with van der Waals surface area (Å²) >= 11 is 9.74. The maximum absolute atomic E-state index is 6.20. The van der Waals surface area contributed by atoms with Crippen molar-refractivity contribution in [3.63, 3.8) is 0 Å². The van der Waals surface area contributed by atoms with E-state index in [1.807, 2.05) is 49.4 Å². The zero-order valence-electron chi connectivity index (χ0n) is 11.2. The SMILES string of the molecule is Cc1c(Cl)cccc1-c1noc(N)c1-c1ccccc1Br. The minimum Gasteiger partial charge on any atom is -0.367 e. The van der Waals surface area contributed by atoms with Crippen LogP contribution in [0.2, 0.25) is 5.02 Å². The van der Waals surface area contributed by atoms with Crippen LogP contribution >= 0.6 is 27.5 Å². The maximum Gasteiger partial charge on any atom is 0.230 e. The van der Waals surface area contributed by atoms with Gasteiger partial charge in [0.2, 0.25) is 5.88 Å². The summed E-state index contributed by atoms with van der Waals surface area (Å²) in [6.07, 6.45) is 0. The number of nitrogen functional groups attached to an aromatic ring is 1. The van der Waals surface area contributed by atoms with Gasteiger partial charge in [-0.05, 0) is 24.6 Å². The summed E-state index contributed by atoms with van der Waals surface area (Å²) in [5.74, 6) is 0.288. The van der Waals surface area contributed by atoms with Crippen molar-refractivity contribution in [2.45, 2.75) is 6.92 Å². The third kappa shape index (κ3) is 2.45. The molecule has 2 N–H and O–H groups in total. The highest BCUT2D eigenvalue weighted by atomic mass is 79.9. The van der Waals surface area contributed by atoms with E-state index in [-0.39, 0.29) is 5.88 Å². The van der Waals surface area contributed by atoms with Gasteiger partial charge in [0, 0.05) is 20.6 Å². The summed E-state index contributed by atoms with van der Waals surface area (Å²) in [6, 6.07) is 13.5.